The van der Waals surface area contributed by atoms with E-state index in [-0.39, 0.29) is 42.8 Å². The molecule has 0 bridgehead atoms. The second-order valence-corrected chi connectivity index (χ2v) is 8.99. The fourth-order valence-electron chi connectivity index (χ4n) is 4.10. The number of anilines is 1. The van der Waals surface area contributed by atoms with E-state index in [9.17, 15) is 14.4 Å². The van der Waals surface area contributed by atoms with Gasteiger partial charge in [-0.1, -0.05) is 30.3 Å². The van der Waals surface area contributed by atoms with E-state index in [1.54, 1.807) is 18.0 Å². The molecule has 0 spiro atoms. The van der Waals surface area contributed by atoms with E-state index in [2.05, 4.69) is 10.3 Å². The van der Waals surface area contributed by atoms with Crippen molar-refractivity contribution in [3.63, 3.8) is 0 Å². The lowest BCUT2D eigenvalue weighted by Gasteiger charge is -2.24. The van der Waals surface area contributed by atoms with Crippen LogP contribution in [0.5, 0.6) is 0 Å². The summed E-state index contributed by atoms with van der Waals surface area (Å²) in [5.74, 6) is -0.127. The number of hydrogen-bond acceptors (Lipinski definition) is 6. The van der Waals surface area contributed by atoms with Crippen LogP contribution in [0.2, 0.25) is 0 Å². The summed E-state index contributed by atoms with van der Waals surface area (Å²) in [6, 6.07) is 13.4. The third kappa shape index (κ3) is 9.39. The number of aromatic nitrogens is 1. The van der Waals surface area contributed by atoms with Gasteiger partial charge in [0.2, 0.25) is 11.8 Å². The van der Waals surface area contributed by atoms with Gasteiger partial charge >= 0.3 is 5.97 Å². The van der Waals surface area contributed by atoms with Gasteiger partial charge in [0.1, 0.15) is 5.82 Å². The minimum absolute atomic E-state index is 0.0103. The Balaban J connectivity index is 1.52. The van der Waals surface area contributed by atoms with Crippen molar-refractivity contribution in [2.24, 2.45) is 0 Å². The normalized spacial score (nSPS) is 13.6. The number of pyridine rings is 1. The number of benzene rings is 1. The van der Waals surface area contributed by atoms with Crippen molar-refractivity contribution in [1.82, 2.24) is 15.2 Å². The van der Waals surface area contributed by atoms with Gasteiger partial charge in [-0.15, -0.1) is 0 Å². The van der Waals surface area contributed by atoms with Crippen molar-refractivity contribution in [1.29, 1.82) is 0 Å². The maximum Gasteiger partial charge on any atom is 0.307 e. The molecule has 1 aromatic heterocycles. The number of nitrogens with zero attached hydrogens (tertiary/aromatic N) is 2. The Morgan fingerprint density at radius 3 is 2.60 bits per heavy atom. The van der Waals surface area contributed by atoms with Crippen molar-refractivity contribution < 1.29 is 19.1 Å². The molecule has 3 N–H and O–H groups in total. The molecule has 0 radical (unpaired) electrons. The lowest BCUT2D eigenvalue weighted by atomic mass is 10.0. The van der Waals surface area contributed by atoms with Crippen molar-refractivity contribution in [3.05, 3.63) is 59.8 Å². The summed E-state index contributed by atoms with van der Waals surface area (Å²) in [6.07, 6.45) is 6.72. The Morgan fingerprint density at radius 1 is 1.14 bits per heavy atom. The SMILES string of the molecule is CCOC(=O)CC(CCc1ccccc1)NC(=O)CN(C(=O)CCCc1ccnc(N)c1)C1CC1. The predicted octanol–water partition coefficient (Wildman–Crippen LogP) is 3.05. The number of carbonyl (C=O) groups excluding carboxylic acids is 3. The van der Waals surface area contributed by atoms with E-state index >= 15 is 0 Å². The summed E-state index contributed by atoms with van der Waals surface area (Å²) in [4.78, 5) is 43.6. The van der Waals surface area contributed by atoms with Gasteiger partial charge in [0.25, 0.3) is 0 Å². The maximum atomic E-state index is 12.9. The molecule has 8 heteroatoms. The van der Waals surface area contributed by atoms with Gasteiger partial charge in [-0.25, -0.2) is 4.98 Å². The third-order valence-electron chi connectivity index (χ3n) is 6.03. The molecule has 2 amide bonds. The highest BCUT2D eigenvalue weighted by Crippen LogP contribution is 2.27. The fraction of sp³-hybridized carbons (Fsp3) is 0.481. The number of nitrogen functional groups attached to an aromatic ring is 1. The average molecular weight is 481 g/mol. The van der Waals surface area contributed by atoms with Gasteiger partial charge in [0.05, 0.1) is 19.6 Å². The van der Waals surface area contributed by atoms with Crippen LogP contribution >= 0.6 is 0 Å². The molecule has 1 aliphatic carbocycles. The molecule has 0 aliphatic heterocycles. The van der Waals surface area contributed by atoms with Gasteiger partial charge < -0.3 is 20.7 Å². The molecular formula is C27H36N4O4. The molecule has 1 fully saturated rings. The van der Waals surface area contributed by atoms with Crippen molar-refractivity contribution in [2.45, 2.75) is 70.4 Å². The first-order chi connectivity index (χ1) is 16.9. The largest absolute Gasteiger partial charge is 0.466 e. The molecule has 1 saturated carbocycles. The fourth-order valence-corrected chi connectivity index (χ4v) is 4.10. The molecule has 1 atom stereocenters. The zero-order chi connectivity index (χ0) is 25.0. The summed E-state index contributed by atoms with van der Waals surface area (Å²) in [5, 5.41) is 2.98. The Bertz CT molecular complexity index is 978. The molecule has 8 nitrogen and oxygen atoms in total. The van der Waals surface area contributed by atoms with Crippen LogP contribution < -0.4 is 11.1 Å². The Kier molecular flexibility index (Phi) is 10.1. The zero-order valence-electron chi connectivity index (χ0n) is 20.4. The summed E-state index contributed by atoms with van der Waals surface area (Å²) in [6.45, 7) is 2.07. The summed E-state index contributed by atoms with van der Waals surface area (Å²) < 4.78 is 5.10. The van der Waals surface area contributed by atoms with E-state index in [1.807, 2.05) is 42.5 Å². The molecule has 2 aromatic rings. The number of ether oxygens (including phenoxy) is 1. The monoisotopic (exact) mass is 480 g/mol. The standard InChI is InChI=1S/C27H36N4O4/c1-2-35-27(34)18-22(12-11-20-7-4-3-5-8-20)30-25(32)19-31(23-13-14-23)26(33)10-6-9-21-15-16-29-24(28)17-21/h3-5,7-8,15-17,22-23H,2,6,9-14,18-19H2,1H3,(H2,28,29)(H,30,32). The first kappa shape index (κ1) is 26.2. The number of rotatable bonds is 14. The number of amides is 2. The van der Waals surface area contributed by atoms with Gasteiger partial charge in [-0.2, -0.15) is 0 Å². The molecule has 1 unspecified atom stereocenters. The van der Waals surface area contributed by atoms with Crippen molar-refractivity contribution in [3.8, 4) is 0 Å². The Hall–Kier alpha value is -3.42. The van der Waals surface area contributed by atoms with E-state index in [0.29, 0.717) is 31.7 Å². The lowest BCUT2D eigenvalue weighted by Crippen LogP contribution is -2.46. The number of nitrogens with one attached hydrogen (secondary N) is 1. The van der Waals surface area contributed by atoms with Gasteiger partial charge in [-0.3, -0.25) is 14.4 Å². The topological polar surface area (TPSA) is 115 Å². The molecule has 3 rings (SSSR count). The number of esters is 1. The smallest absolute Gasteiger partial charge is 0.307 e. The molecule has 1 aliphatic rings. The second-order valence-electron chi connectivity index (χ2n) is 8.99. The molecule has 0 saturated heterocycles. The highest BCUT2D eigenvalue weighted by molar-refractivity contribution is 5.85. The quantitative estimate of drug-likeness (QED) is 0.402. The predicted molar refractivity (Wildman–Crippen MR) is 134 cm³/mol. The third-order valence-corrected chi connectivity index (χ3v) is 6.03. The number of carbonyl (C=O) groups is 3. The second kappa shape index (κ2) is 13.5. The molecule has 188 valence electrons. The van der Waals surface area contributed by atoms with Crippen molar-refractivity contribution >= 4 is 23.6 Å². The van der Waals surface area contributed by atoms with Crippen LogP contribution in [-0.4, -0.2) is 52.9 Å². The summed E-state index contributed by atoms with van der Waals surface area (Å²) in [5.41, 5.74) is 7.91. The van der Waals surface area contributed by atoms with Gasteiger partial charge in [0, 0.05) is 24.7 Å². The highest BCUT2D eigenvalue weighted by atomic mass is 16.5. The van der Waals surface area contributed by atoms with E-state index < -0.39 is 0 Å². The van der Waals surface area contributed by atoms with Crippen LogP contribution in [-0.2, 0) is 32.0 Å². The Labute approximate surface area is 207 Å². The van der Waals surface area contributed by atoms with Crippen LogP contribution in [0, 0.1) is 0 Å². The minimum Gasteiger partial charge on any atom is -0.466 e. The first-order valence-electron chi connectivity index (χ1n) is 12.4. The number of nitrogens with two attached hydrogens (primary N) is 1. The van der Waals surface area contributed by atoms with Crippen LogP contribution in [0.1, 0.15) is 56.6 Å². The minimum atomic E-state index is -0.352. The highest BCUT2D eigenvalue weighted by Gasteiger charge is 2.33. The molecule has 1 aromatic carbocycles. The van der Waals surface area contributed by atoms with Crippen LogP contribution in [0.15, 0.2) is 48.7 Å². The maximum absolute atomic E-state index is 12.9. The van der Waals surface area contributed by atoms with Crippen LogP contribution in [0.4, 0.5) is 5.82 Å². The first-order valence-corrected chi connectivity index (χ1v) is 12.4. The lowest BCUT2D eigenvalue weighted by molar-refractivity contribution is -0.144. The molecular weight excluding hydrogens is 444 g/mol. The summed E-state index contributed by atoms with van der Waals surface area (Å²) in [7, 11) is 0. The average Bonchev–Trinajstić information content (AvgIpc) is 3.67. The van der Waals surface area contributed by atoms with Crippen LogP contribution in [0.25, 0.3) is 0 Å². The van der Waals surface area contributed by atoms with Gasteiger partial charge in [0.15, 0.2) is 0 Å². The zero-order valence-corrected chi connectivity index (χ0v) is 20.4. The molecule has 1 heterocycles. The summed E-state index contributed by atoms with van der Waals surface area (Å²) >= 11 is 0. The van der Waals surface area contributed by atoms with E-state index in [4.69, 9.17) is 10.5 Å². The van der Waals surface area contributed by atoms with E-state index in [0.717, 1.165) is 36.8 Å². The van der Waals surface area contributed by atoms with E-state index in [1.165, 1.54) is 0 Å². The number of aryl methyl sites for hydroxylation is 2. The van der Waals surface area contributed by atoms with Crippen molar-refractivity contribution in [2.75, 3.05) is 18.9 Å². The van der Waals surface area contributed by atoms with Gasteiger partial charge in [-0.05, 0) is 68.7 Å². The number of hydrogen-bond donors (Lipinski definition) is 2. The molecule has 35 heavy (non-hydrogen) atoms. The van der Waals surface area contributed by atoms with Crippen LogP contribution in [0.3, 0.4) is 0 Å². The Morgan fingerprint density at radius 2 is 1.91 bits per heavy atom.